The van der Waals surface area contributed by atoms with Gasteiger partial charge in [-0.1, -0.05) is 51.1 Å². The smallest absolute Gasteiger partial charge is 0.242 e. The van der Waals surface area contributed by atoms with Gasteiger partial charge < -0.3 is 10.2 Å². The number of nitrogens with one attached hydrogen (secondary N) is 1. The molecule has 2 aromatic carbocycles. The fourth-order valence-electron chi connectivity index (χ4n) is 3.73. The topological polar surface area (TPSA) is 86.8 Å². The van der Waals surface area contributed by atoms with Gasteiger partial charge in [-0.15, -0.1) is 0 Å². The number of amides is 2. The quantitative estimate of drug-likeness (QED) is 0.447. The first-order chi connectivity index (χ1) is 16.5. The molecule has 0 heterocycles. The van der Waals surface area contributed by atoms with Gasteiger partial charge >= 0.3 is 0 Å². The fourth-order valence-corrected chi connectivity index (χ4v) is 4.70. The number of carbonyl (C=O) groups is 2. The van der Waals surface area contributed by atoms with Crippen LogP contribution in [0.2, 0.25) is 0 Å². The van der Waals surface area contributed by atoms with E-state index in [1.165, 1.54) is 24.3 Å². The molecule has 1 N–H and O–H groups in total. The zero-order valence-electron chi connectivity index (χ0n) is 20.9. The van der Waals surface area contributed by atoms with Crippen molar-refractivity contribution < 1.29 is 22.4 Å². The molecule has 2 amide bonds. The van der Waals surface area contributed by atoms with E-state index in [2.05, 4.69) is 5.32 Å². The van der Waals surface area contributed by atoms with Crippen molar-refractivity contribution in [3.05, 3.63) is 66.0 Å². The van der Waals surface area contributed by atoms with E-state index >= 15 is 0 Å². The molecule has 192 valence electrons. The molecule has 0 aliphatic heterocycles. The van der Waals surface area contributed by atoms with Crippen molar-refractivity contribution in [3.8, 4) is 0 Å². The summed E-state index contributed by atoms with van der Waals surface area (Å²) in [6.07, 6.45) is 1.84. The Morgan fingerprint density at radius 3 is 2.20 bits per heavy atom. The van der Waals surface area contributed by atoms with Crippen LogP contribution in [0.25, 0.3) is 0 Å². The van der Waals surface area contributed by atoms with Gasteiger partial charge in [-0.2, -0.15) is 0 Å². The Balaban J connectivity index is 2.17. The van der Waals surface area contributed by atoms with Crippen LogP contribution in [-0.2, 0) is 26.2 Å². The van der Waals surface area contributed by atoms with Crippen LogP contribution in [0, 0.1) is 11.7 Å². The van der Waals surface area contributed by atoms with Crippen molar-refractivity contribution in [2.24, 2.45) is 5.92 Å². The Kier molecular flexibility index (Phi) is 10.7. The number of carbonyl (C=O) groups excluding carboxylic acids is 2. The first-order valence-electron chi connectivity index (χ1n) is 11.9. The number of halogens is 1. The second-order valence-corrected chi connectivity index (χ2v) is 10.9. The molecular formula is C26H36FN3O4S. The molecule has 0 saturated carbocycles. The van der Waals surface area contributed by atoms with Crippen LogP contribution in [0.4, 0.5) is 10.1 Å². The summed E-state index contributed by atoms with van der Waals surface area (Å²) in [7, 11) is -3.63. The number of hydrogen-bond donors (Lipinski definition) is 1. The highest BCUT2D eigenvalue weighted by Crippen LogP contribution is 2.20. The minimum absolute atomic E-state index is 0.0612. The number of rotatable bonds is 13. The van der Waals surface area contributed by atoms with E-state index in [1.807, 2.05) is 51.1 Å². The zero-order chi connectivity index (χ0) is 26.0. The first kappa shape index (κ1) is 28.3. The van der Waals surface area contributed by atoms with Gasteiger partial charge in [0.25, 0.3) is 0 Å². The molecule has 0 fully saturated rings. The summed E-state index contributed by atoms with van der Waals surface area (Å²) in [6.45, 7) is 6.73. The van der Waals surface area contributed by atoms with Crippen molar-refractivity contribution in [1.82, 2.24) is 10.2 Å². The lowest BCUT2D eigenvalue weighted by Crippen LogP contribution is -2.49. The van der Waals surface area contributed by atoms with Crippen LogP contribution in [-0.4, -0.2) is 50.5 Å². The molecule has 0 saturated heterocycles. The second-order valence-electron chi connectivity index (χ2n) is 8.99. The van der Waals surface area contributed by atoms with Crippen LogP contribution in [0.3, 0.4) is 0 Å². The summed E-state index contributed by atoms with van der Waals surface area (Å²) in [5.41, 5.74) is 1.24. The highest BCUT2D eigenvalue weighted by Gasteiger charge is 2.28. The fraction of sp³-hybridized carbons (Fsp3) is 0.462. The largest absolute Gasteiger partial charge is 0.354 e. The molecule has 2 aromatic rings. The Morgan fingerprint density at radius 2 is 1.66 bits per heavy atom. The lowest BCUT2D eigenvalue weighted by atomic mass is 10.1. The van der Waals surface area contributed by atoms with Crippen molar-refractivity contribution >= 4 is 27.5 Å². The summed E-state index contributed by atoms with van der Waals surface area (Å²) in [6, 6.07) is 14.0. The monoisotopic (exact) mass is 505 g/mol. The van der Waals surface area contributed by atoms with E-state index in [-0.39, 0.29) is 43.7 Å². The Labute approximate surface area is 208 Å². The standard InChI is InChI=1S/C26H36FN3O4S/c1-5-24(26(32)28-18-20(2)3)29(19-21-10-7-6-8-11-21)25(31)12-9-17-30(35(4,33)34)23-15-13-22(27)14-16-23/h6-8,10-11,13-16,20,24H,5,9,12,17-19H2,1-4H3,(H,28,32)/t24-/m1/s1. The highest BCUT2D eigenvalue weighted by atomic mass is 32.2. The van der Waals surface area contributed by atoms with Gasteiger partial charge in [-0.3, -0.25) is 13.9 Å². The SMILES string of the molecule is CC[C@H](C(=O)NCC(C)C)N(Cc1ccccc1)C(=O)CCCN(c1ccc(F)cc1)S(C)(=O)=O. The van der Waals surface area contributed by atoms with E-state index in [4.69, 9.17) is 0 Å². The van der Waals surface area contributed by atoms with Crippen molar-refractivity contribution in [1.29, 1.82) is 0 Å². The Bertz CT molecular complexity index is 1060. The number of anilines is 1. The number of hydrogen-bond acceptors (Lipinski definition) is 4. The third-order valence-corrected chi connectivity index (χ3v) is 6.73. The predicted molar refractivity (Wildman–Crippen MR) is 137 cm³/mol. The van der Waals surface area contributed by atoms with Gasteiger partial charge in [-0.05, 0) is 48.6 Å². The van der Waals surface area contributed by atoms with Gasteiger partial charge in [0.2, 0.25) is 21.8 Å². The van der Waals surface area contributed by atoms with Crippen LogP contribution in [0.1, 0.15) is 45.6 Å². The van der Waals surface area contributed by atoms with E-state index < -0.39 is 21.9 Å². The first-order valence-corrected chi connectivity index (χ1v) is 13.7. The van der Waals surface area contributed by atoms with E-state index in [1.54, 1.807) is 4.90 Å². The normalized spacial score (nSPS) is 12.3. The number of benzene rings is 2. The Hall–Kier alpha value is -2.94. The average molecular weight is 506 g/mol. The predicted octanol–water partition coefficient (Wildman–Crippen LogP) is 3.95. The van der Waals surface area contributed by atoms with Crippen molar-refractivity contribution in [2.75, 3.05) is 23.7 Å². The van der Waals surface area contributed by atoms with Crippen LogP contribution in [0.5, 0.6) is 0 Å². The average Bonchev–Trinajstić information content (AvgIpc) is 2.81. The highest BCUT2D eigenvalue weighted by molar-refractivity contribution is 7.92. The summed E-state index contributed by atoms with van der Waals surface area (Å²) in [4.78, 5) is 27.8. The maximum atomic E-state index is 13.3. The molecule has 1 atom stereocenters. The summed E-state index contributed by atoms with van der Waals surface area (Å²) in [5.74, 6) is -0.610. The molecule has 7 nitrogen and oxygen atoms in total. The summed E-state index contributed by atoms with van der Waals surface area (Å²) >= 11 is 0. The third-order valence-electron chi connectivity index (χ3n) is 5.53. The minimum atomic E-state index is -3.63. The van der Waals surface area contributed by atoms with E-state index in [0.717, 1.165) is 16.1 Å². The van der Waals surface area contributed by atoms with Gasteiger partial charge in [0, 0.05) is 26.1 Å². The van der Waals surface area contributed by atoms with Crippen LogP contribution >= 0.6 is 0 Å². The molecule has 35 heavy (non-hydrogen) atoms. The maximum absolute atomic E-state index is 13.3. The van der Waals surface area contributed by atoms with Gasteiger partial charge in [0.1, 0.15) is 11.9 Å². The summed E-state index contributed by atoms with van der Waals surface area (Å²) in [5, 5.41) is 2.92. The molecular weight excluding hydrogens is 469 g/mol. The number of nitrogens with zero attached hydrogens (tertiary/aromatic N) is 2. The van der Waals surface area contributed by atoms with Gasteiger partial charge in [0.05, 0.1) is 11.9 Å². The second kappa shape index (κ2) is 13.2. The molecule has 2 rings (SSSR count). The molecule has 0 aliphatic carbocycles. The lowest BCUT2D eigenvalue weighted by molar-refractivity contribution is -0.141. The zero-order valence-corrected chi connectivity index (χ0v) is 21.7. The summed E-state index contributed by atoms with van der Waals surface area (Å²) < 4.78 is 39.1. The van der Waals surface area contributed by atoms with E-state index in [9.17, 15) is 22.4 Å². The maximum Gasteiger partial charge on any atom is 0.242 e. The van der Waals surface area contributed by atoms with Crippen molar-refractivity contribution in [2.45, 2.75) is 52.6 Å². The van der Waals surface area contributed by atoms with Crippen LogP contribution in [0.15, 0.2) is 54.6 Å². The van der Waals surface area contributed by atoms with Crippen LogP contribution < -0.4 is 9.62 Å². The number of sulfonamides is 1. The van der Waals surface area contributed by atoms with Crippen molar-refractivity contribution in [3.63, 3.8) is 0 Å². The molecule has 9 heteroatoms. The minimum Gasteiger partial charge on any atom is -0.354 e. The van der Waals surface area contributed by atoms with Gasteiger partial charge in [-0.25, -0.2) is 12.8 Å². The third kappa shape index (κ3) is 8.98. The molecule has 0 unspecified atom stereocenters. The molecule has 0 bridgehead atoms. The lowest BCUT2D eigenvalue weighted by Gasteiger charge is -2.31. The molecule has 0 aromatic heterocycles. The van der Waals surface area contributed by atoms with E-state index in [0.29, 0.717) is 18.7 Å². The Morgan fingerprint density at radius 1 is 1.03 bits per heavy atom. The van der Waals surface area contributed by atoms with Gasteiger partial charge in [0.15, 0.2) is 0 Å². The molecule has 0 radical (unpaired) electrons. The molecule has 0 spiro atoms. The molecule has 0 aliphatic rings.